The van der Waals surface area contributed by atoms with Crippen molar-refractivity contribution in [3.8, 4) is 0 Å². The molecule has 0 aromatic rings. The van der Waals surface area contributed by atoms with Crippen LogP contribution in [0.15, 0.2) is 0 Å². The van der Waals surface area contributed by atoms with Crippen LogP contribution in [-0.4, -0.2) is 22.0 Å². The van der Waals surface area contributed by atoms with Crippen LogP contribution in [0.2, 0.25) is 6.32 Å². The Morgan fingerprint density at radius 2 is 1.80 bits per heavy atom. The molecule has 0 amide bonds. The molecule has 0 fully saturated rings. The van der Waals surface area contributed by atoms with Gasteiger partial charge in [0.15, 0.2) is 0 Å². The maximum absolute atomic E-state index is 5.19. The predicted molar refractivity (Wildman–Crippen MR) is 50.8 cm³/mol. The van der Waals surface area contributed by atoms with Crippen molar-refractivity contribution in [3.05, 3.63) is 0 Å². The second kappa shape index (κ2) is 9.19. The van der Waals surface area contributed by atoms with Crippen molar-refractivity contribution in [2.75, 3.05) is 0 Å². The Morgan fingerprint density at radius 3 is 2.40 bits per heavy atom. The average Bonchev–Trinajstić information content (AvgIpc) is 1.97. The van der Waals surface area contributed by atoms with Crippen LogP contribution in [-0.2, 0) is 0 Å². The van der Waals surface area contributed by atoms with Crippen LogP contribution < -0.4 is 0 Å². The average molecular weight is 132 g/mol. The molecule has 0 atom stereocenters. The summed E-state index contributed by atoms with van der Waals surface area (Å²) >= 11 is 0. The standard InChI is InChI=1S/C7H15B3/c1-2-3-4-5-6-7-9-10-8/h2-7H2,1H3. The lowest BCUT2D eigenvalue weighted by atomic mass is 9.27. The molecule has 0 aliphatic carbocycles. The Bertz CT molecular complexity index is 48.8. The first kappa shape index (κ1) is 10.2. The smallest absolute Gasteiger partial charge is 0.0544 e. The van der Waals surface area contributed by atoms with E-state index < -0.39 is 0 Å². The molecule has 0 aromatic heterocycles. The van der Waals surface area contributed by atoms with E-state index in [1.807, 2.05) is 7.17 Å². The van der Waals surface area contributed by atoms with Crippen LogP contribution in [0.25, 0.3) is 0 Å². The van der Waals surface area contributed by atoms with Crippen LogP contribution in [0.4, 0.5) is 0 Å². The van der Waals surface area contributed by atoms with E-state index >= 15 is 0 Å². The molecule has 0 aliphatic rings. The molecule has 0 N–H and O–H groups in total. The van der Waals surface area contributed by atoms with E-state index in [-0.39, 0.29) is 0 Å². The molecule has 0 aromatic carbocycles. The van der Waals surface area contributed by atoms with Gasteiger partial charge in [0.25, 0.3) is 0 Å². The highest BCUT2D eigenvalue weighted by Gasteiger charge is 1.88. The van der Waals surface area contributed by atoms with E-state index in [1.165, 1.54) is 32.1 Å². The van der Waals surface area contributed by atoms with E-state index in [4.69, 9.17) is 7.74 Å². The summed E-state index contributed by atoms with van der Waals surface area (Å²) in [6.07, 6.45) is 7.90. The number of hydrogen-bond acceptors (Lipinski definition) is 0. The van der Waals surface area contributed by atoms with Crippen molar-refractivity contribution < 1.29 is 0 Å². The summed E-state index contributed by atoms with van der Waals surface area (Å²) in [6.45, 7) is 2.24. The first-order valence-electron chi connectivity index (χ1n) is 4.28. The van der Waals surface area contributed by atoms with Gasteiger partial charge in [0.05, 0.1) is 7.17 Å². The fourth-order valence-corrected chi connectivity index (χ4v) is 0.962. The molecular weight excluding hydrogens is 117 g/mol. The second-order valence-corrected chi connectivity index (χ2v) is 2.63. The zero-order valence-corrected chi connectivity index (χ0v) is 6.97. The maximum Gasteiger partial charge on any atom is 0.0544 e. The van der Waals surface area contributed by atoms with Gasteiger partial charge < -0.3 is 0 Å². The quantitative estimate of drug-likeness (QED) is 0.365. The van der Waals surface area contributed by atoms with Crippen molar-refractivity contribution in [2.24, 2.45) is 0 Å². The third-order valence-corrected chi connectivity index (χ3v) is 1.61. The molecule has 0 aliphatic heterocycles. The lowest BCUT2D eigenvalue weighted by Gasteiger charge is -1.97. The maximum atomic E-state index is 5.19. The van der Waals surface area contributed by atoms with E-state index in [0.29, 0.717) is 0 Å². The fourth-order valence-electron chi connectivity index (χ4n) is 0.962. The van der Waals surface area contributed by atoms with Gasteiger partial charge in [-0.1, -0.05) is 45.3 Å². The van der Waals surface area contributed by atoms with Gasteiger partial charge in [-0.2, -0.15) is 0 Å². The summed E-state index contributed by atoms with van der Waals surface area (Å²) in [5, 5.41) is 0. The Morgan fingerprint density at radius 1 is 1.10 bits per heavy atom. The molecule has 0 heterocycles. The number of hydrogen-bond donors (Lipinski definition) is 0. The van der Waals surface area contributed by atoms with Crippen LogP contribution in [0, 0.1) is 0 Å². The topological polar surface area (TPSA) is 0 Å². The highest BCUT2D eigenvalue weighted by Crippen LogP contribution is 2.03. The van der Waals surface area contributed by atoms with Gasteiger partial charge in [0.2, 0.25) is 0 Å². The number of rotatable bonds is 7. The Balaban J connectivity index is 2.65. The summed E-state index contributed by atoms with van der Waals surface area (Å²) in [5.41, 5.74) is 0. The van der Waals surface area contributed by atoms with E-state index in [9.17, 15) is 0 Å². The minimum absolute atomic E-state index is 1.15. The van der Waals surface area contributed by atoms with Crippen LogP contribution in [0.3, 0.4) is 0 Å². The highest BCUT2D eigenvalue weighted by atomic mass is 13.9. The van der Waals surface area contributed by atoms with E-state index in [1.54, 1.807) is 7.06 Å². The molecule has 0 rings (SSSR count). The van der Waals surface area contributed by atoms with Crippen molar-refractivity contribution in [1.29, 1.82) is 0 Å². The van der Waals surface area contributed by atoms with Crippen molar-refractivity contribution in [1.82, 2.24) is 0 Å². The minimum Gasteiger partial charge on any atom is -0.0895 e. The molecule has 0 spiro atoms. The largest absolute Gasteiger partial charge is 0.0895 e. The van der Waals surface area contributed by atoms with Gasteiger partial charge in [0, 0.05) is 14.8 Å². The molecular formula is C7H15B3. The zero-order valence-electron chi connectivity index (χ0n) is 6.97. The third kappa shape index (κ3) is 8.19. The molecule has 0 saturated heterocycles. The van der Waals surface area contributed by atoms with Crippen molar-refractivity contribution in [2.45, 2.75) is 45.3 Å². The molecule has 0 bridgehead atoms. The molecule has 10 heavy (non-hydrogen) atoms. The predicted octanol–water partition coefficient (Wildman–Crippen LogP) is 1.78. The summed E-state index contributed by atoms with van der Waals surface area (Å²) in [4.78, 5) is 0. The first-order valence-corrected chi connectivity index (χ1v) is 4.28. The molecule has 0 nitrogen and oxygen atoms in total. The highest BCUT2D eigenvalue weighted by molar-refractivity contribution is 7.23. The Hall–Kier alpha value is 0.195. The summed E-state index contributed by atoms with van der Waals surface area (Å²) < 4.78 is 0. The Kier molecular flexibility index (Phi) is 9.37. The fraction of sp³-hybridized carbons (Fsp3) is 1.00. The lowest BCUT2D eigenvalue weighted by molar-refractivity contribution is 0.656. The SMILES string of the molecule is [B][B][B]CCCCCCC. The normalized spacial score (nSPS) is 9.30. The van der Waals surface area contributed by atoms with Crippen LogP contribution in [0.5, 0.6) is 0 Å². The van der Waals surface area contributed by atoms with E-state index in [0.717, 1.165) is 6.32 Å². The van der Waals surface area contributed by atoms with Crippen LogP contribution in [0.1, 0.15) is 39.0 Å². The summed E-state index contributed by atoms with van der Waals surface area (Å²) in [7, 11) is 8.86. The summed E-state index contributed by atoms with van der Waals surface area (Å²) in [5.74, 6) is 0. The number of unbranched alkanes of at least 4 members (excludes halogenated alkanes) is 4. The molecule has 4 radical (unpaired) electrons. The summed E-state index contributed by atoms with van der Waals surface area (Å²) in [6, 6.07) is 0. The van der Waals surface area contributed by atoms with Crippen molar-refractivity contribution in [3.63, 3.8) is 0 Å². The van der Waals surface area contributed by atoms with Gasteiger partial charge in [-0.15, -0.1) is 0 Å². The first-order chi connectivity index (χ1) is 4.91. The lowest BCUT2D eigenvalue weighted by Crippen LogP contribution is -2.01. The molecule has 52 valence electrons. The Labute approximate surface area is 68.0 Å². The van der Waals surface area contributed by atoms with Crippen molar-refractivity contribution >= 4 is 22.0 Å². The van der Waals surface area contributed by atoms with Gasteiger partial charge >= 0.3 is 0 Å². The second-order valence-electron chi connectivity index (χ2n) is 2.63. The monoisotopic (exact) mass is 132 g/mol. The molecule has 0 unspecified atom stereocenters. The zero-order chi connectivity index (χ0) is 7.66. The van der Waals surface area contributed by atoms with Crippen LogP contribution >= 0.6 is 0 Å². The van der Waals surface area contributed by atoms with Gasteiger partial charge in [-0.3, -0.25) is 0 Å². The van der Waals surface area contributed by atoms with E-state index in [2.05, 4.69) is 6.92 Å². The van der Waals surface area contributed by atoms with Gasteiger partial charge in [0.1, 0.15) is 0 Å². The van der Waals surface area contributed by atoms with Gasteiger partial charge in [-0.25, -0.2) is 0 Å². The van der Waals surface area contributed by atoms with Gasteiger partial charge in [-0.05, 0) is 0 Å². The minimum atomic E-state index is 1.15. The molecule has 0 saturated carbocycles. The third-order valence-electron chi connectivity index (χ3n) is 1.61. The molecule has 3 heteroatoms.